The number of fused-ring (bicyclic) bond motifs is 3. The predicted molar refractivity (Wildman–Crippen MR) is 222 cm³/mol. The molecule has 0 aromatic heterocycles. The van der Waals surface area contributed by atoms with E-state index in [1.165, 1.54) is 19.2 Å². The van der Waals surface area contributed by atoms with Gasteiger partial charge in [-0.05, 0) is 90.0 Å². The van der Waals surface area contributed by atoms with E-state index >= 15 is 0 Å². The lowest BCUT2D eigenvalue weighted by Gasteiger charge is -2.12. The molecule has 0 radical (unpaired) electrons. The van der Waals surface area contributed by atoms with Crippen LogP contribution < -0.4 is 14.8 Å². The van der Waals surface area contributed by atoms with Crippen LogP contribution >= 0.6 is 0 Å². The molecule has 0 aliphatic carbocycles. The zero-order valence-corrected chi connectivity index (χ0v) is 30.7. The number of nitrogens with zero attached hydrogens (tertiary/aromatic N) is 6. The first-order valence-corrected chi connectivity index (χ1v) is 17.7. The van der Waals surface area contributed by atoms with Crippen LogP contribution in [0.1, 0.15) is 5.56 Å². The van der Waals surface area contributed by atoms with Crippen LogP contribution in [0.15, 0.2) is 170 Å². The summed E-state index contributed by atoms with van der Waals surface area (Å²) in [5.74, 6) is 0.959. The fraction of sp³-hybridized carbons (Fsp3) is 0.0667. The predicted octanol–water partition coefficient (Wildman–Crippen LogP) is 13.9. The Hall–Kier alpha value is -7.66. The van der Waals surface area contributed by atoms with Crippen LogP contribution in [0, 0.1) is 6.92 Å². The van der Waals surface area contributed by atoms with Gasteiger partial charge < -0.3 is 25.0 Å². The molecule has 0 saturated heterocycles. The van der Waals surface area contributed by atoms with Crippen LogP contribution in [-0.2, 0) is 0 Å². The molecule has 0 fully saturated rings. The van der Waals surface area contributed by atoms with Crippen LogP contribution in [-0.4, -0.2) is 24.4 Å². The van der Waals surface area contributed by atoms with Crippen molar-refractivity contribution in [1.82, 2.24) is 0 Å². The first kappa shape index (κ1) is 35.4. The van der Waals surface area contributed by atoms with Crippen molar-refractivity contribution in [3.8, 4) is 23.0 Å². The summed E-state index contributed by atoms with van der Waals surface area (Å²) in [5.41, 5.74) is 5.56. The molecule has 0 aliphatic rings. The lowest BCUT2D eigenvalue weighted by molar-refractivity contribution is 0.413. The molecule has 11 nitrogen and oxygen atoms in total. The first-order chi connectivity index (χ1) is 27.4. The van der Waals surface area contributed by atoms with E-state index in [4.69, 9.17) is 9.47 Å². The minimum atomic E-state index is -0.191. The van der Waals surface area contributed by atoms with E-state index in [0.29, 0.717) is 22.5 Å². The maximum atomic E-state index is 11.2. The van der Waals surface area contributed by atoms with E-state index in [1.807, 2.05) is 116 Å². The highest BCUT2D eigenvalue weighted by Gasteiger charge is 2.13. The van der Waals surface area contributed by atoms with Crippen molar-refractivity contribution in [1.29, 1.82) is 0 Å². The van der Waals surface area contributed by atoms with E-state index < -0.39 is 0 Å². The van der Waals surface area contributed by atoms with Crippen LogP contribution in [0.3, 0.4) is 0 Å². The third-order valence-corrected chi connectivity index (χ3v) is 9.34. The van der Waals surface area contributed by atoms with Crippen molar-refractivity contribution in [2.75, 3.05) is 19.5 Å². The van der Waals surface area contributed by atoms with Gasteiger partial charge >= 0.3 is 0 Å². The number of hydrogen-bond acceptors (Lipinski definition) is 11. The molecule has 0 atom stereocenters. The molecule has 0 bridgehead atoms. The van der Waals surface area contributed by atoms with E-state index in [2.05, 4.69) is 48.1 Å². The van der Waals surface area contributed by atoms with Crippen molar-refractivity contribution in [3.63, 3.8) is 0 Å². The topological polar surface area (TPSA) is 145 Å². The zero-order chi connectivity index (χ0) is 38.6. The Morgan fingerprint density at radius 1 is 0.464 bits per heavy atom. The second kappa shape index (κ2) is 15.4. The summed E-state index contributed by atoms with van der Waals surface area (Å²) < 4.78 is 11.2. The van der Waals surface area contributed by atoms with E-state index in [9.17, 15) is 10.2 Å². The number of benzene rings is 8. The number of aryl methyl sites for hydroxylation is 1. The first-order valence-electron chi connectivity index (χ1n) is 17.7. The largest absolute Gasteiger partial charge is 0.506 e. The Labute approximate surface area is 322 Å². The minimum absolute atomic E-state index is 0.0392. The van der Waals surface area contributed by atoms with Crippen LogP contribution in [0.2, 0.25) is 0 Å². The van der Waals surface area contributed by atoms with Gasteiger partial charge in [0.05, 0.1) is 31.3 Å². The monoisotopic (exact) mass is 737 g/mol. The van der Waals surface area contributed by atoms with Gasteiger partial charge in [0, 0.05) is 45.1 Å². The third-order valence-electron chi connectivity index (χ3n) is 9.34. The minimum Gasteiger partial charge on any atom is -0.506 e. The van der Waals surface area contributed by atoms with Gasteiger partial charge in [0.15, 0.2) is 5.75 Å². The highest BCUT2D eigenvalue weighted by molar-refractivity contribution is 6.00. The molecule has 0 unspecified atom stereocenters. The third kappa shape index (κ3) is 7.16. The van der Waals surface area contributed by atoms with Crippen molar-refractivity contribution in [3.05, 3.63) is 145 Å². The Morgan fingerprint density at radius 3 is 1.73 bits per heavy atom. The molecule has 0 spiro atoms. The van der Waals surface area contributed by atoms with Crippen LogP contribution in [0.25, 0.3) is 32.3 Å². The summed E-state index contributed by atoms with van der Waals surface area (Å²) >= 11 is 0. The number of aromatic hydroxyl groups is 2. The number of phenolic OH excluding ortho intramolecular Hbond substituents is 2. The standard InChI is InChI=1S/C45H35N7O4/c1-27-13-14-29-24-32(17-19-34(29)45(27)56-3)46-31-16-18-33-28(23-31)15-20-39(44(33)54)50-51-40-26-43(55-2)41(25-42(40)53)52-49-38-22-21-37(35-11-7-8-12-36(35)38)48-47-30-9-5-4-6-10-30/h4-26,46,53-54H,1-3H3. The molecule has 0 saturated carbocycles. The van der Waals surface area contributed by atoms with Gasteiger partial charge in [-0.3, -0.25) is 0 Å². The molecule has 0 amide bonds. The zero-order valence-electron chi connectivity index (χ0n) is 30.7. The van der Waals surface area contributed by atoms with Gasteiger partial charge in [-0.1, -0.05) is 60.7 Å². The number of rotatable bonds is 10. The molecule has 274 valence electrons. The smallest absolute Gasteiger partial charge is 0.150 e. The number of phenols is 2. The number of nitrogens with one attached hydrogen (secondary N) is 1. The number of azo groups is 3. The normalized spacial score (nSPS) is 11.8. The molecule has 8 aromatic carbocycles. The Bertz CT molecular complexity index is 2860. The fourth-order valence-corrected chi connectivity index (χ4v) is 6.52. The molecule has 3 N–H and O–H groups in total. The number of ether oxygens (including phenoxy) is 2. The molecule has 8 rings (SSSR count). The lowest BCUT2D eigenvalue weighted by Crippen LogP contribution is -1.92. The summed E-state index contributed by atoms with van der Waals surface area (Å²) in [6, 6.07) is 43.3. The fourth-order valence-electron chi connectivity index (χ4n) is 6.52. The molecular formula is C45H35N7O4. The summed E-state index contributed by atoms with van der Waals surface area (Å²) in [6.07, 6.45) is 0. The second-order valence-corrected chi connectivity index (χ2v) is 12.9. The van der Waals surface area contributed by atoms with Crippen molar-refractivity contribution in [2.45, 2.75) is 6.92 Å². The maximum absolute atomic E-state index is 11.2. The maximum Gasteiger partial charge on any atom is 0.150 e. The van der Waals surface area contributed by atoms with E-state index in [1.54, 1.807) is 13.2 Å². The van der Waals surface area contributed by atoms with E-state index in [-0.39, 0.29) is 28.6 Å². The number of anilines is 2. The Morgan fingerprint density at radius 2 is 1.04 bits per heavy atom. The summed E-state index contributed by atoms with van der Waals surface area (Å²) in [7, 11) is 3.18. The average Bonchev–Trinajstić information content (AvgIpc) is 3.23. The SMILES string of the molecule is COc1cc(N=Nc2ccc3cc(Nc4ccc5c(OC)c(C)ccc5c4)ccc3c2O)c(O)cc1N=Nc1ccc(N=Nc2ccccc2)c2ccccc12. The summed E-state index contributed by atoms with van der Waals surface area (Å²) in [6.45, 7) is 2.03. The molecule has 11 heteroatoms. The summed E-state index contributed by atoms with van der Waals surface area (Å²) in [5, 5.41) is 57.0. The summed E-state index contributed by atoms with van der Waals surface area (Å²) in [4.78, 5) is 0. The van der Waals surface area contributed by atoms with Crippen molar-refractivity contribution < 1.29 is 19.7 Å². The molecule has 8 aromatic rings. The van der Waals surface area contributed by atoms with Crippen molar-refractivity contribution in [2.24, 2.45) is 30.7 Å². The van der Waals surface area contributed by atoms with E-state index in [0.717, 1.165) is 55.3 Å². The van der Waals surface area contributed by atoms with Gasteiger partial charge in [-0.2, -0.15) is 5.11 Å². The molecular weight excluding hydrogens is 703 g/mol. The highest BCUT2D eigenvalue weighted by atomic mass is 16.5. The Kier molecular flexibility index (Phi) is 9.71. The highest BCUT2D eigenvalue weighted by Crippen LogP contribution is 2.43. The second-order valence-electron chi connectivity index (χ2n) is 12.9. The molecule has 0 aliphatic heterocycles. The lowest BCUT2D eigenvalue weighted by atomic mass is 10.0. The molecule has 56 heavy (non-hydrogen) atoms. The Balaban J connectivity index is 1.01. The molecule has 0 heterocycles. The van der Waals surface area contributed by atoms with Gasteiger partial charge in [-0.25, -0.2) is 0 Å². The number of methoxy groups -OCH3 is 2. The van der Waals surface area contributed by atoms with Gasteiger partial charge in [0.25, 0.3) is 0 Å². The average molecular weight is 738 g/mol. The quantitative estimate of drug-likeness (QED) is 0.120. The van der Waals surface area contributed by atoms with Gasteiger partial charge in [0.2, 0.25) is 0 Å². The van der Waals surface area contributed by atoms with Gasteiger partial charge in [-0.15, -0.1) is 25.6 Å². The van der Waals surface area contributed by atoms with Crippen LogP contribution in [0.5, 0.6) is 23.0 Å². The van der Waals surface area contributed by atoms with Crippen molar-refractivity contribution >= 4 is 77.8 Å². The van der Waals surface area contributed by atoms with Gasteiger partial charge in [0.1, 0.15) is 34.3 Å². The van der Waals surface area contributed by atoms with Crippen LogP contribution in [0.4, 0.5) is 45.5 Å². The number of hydrogen-bond donors (Lipinski definition) is 3.